The van der Waals surface area contributed by atoms with Crippen LogP contribution in [0.25, 0.3) is 0 Å². The maximum atomic E-state index is 12.1. The van der Waals surface area contributed by atoms with Crippen molar-refractivity contribution in [1.82, 2.24) is 9.97 Å². The lowest BCUT2D eigenvalue weighted by Crippen LogP contribution is -2.28. The first-order valence-electron chi connectivity index (χ1n) is 7.05. The maximum Gasteiger partial charge on any atom is 0.263 e. The van der Waals surface area contributed by atoms with Crippen LogP contribution in [0.2, 0.25) is 0 Å². The molecular weight excluding hydrogens is 312 g/mol. The predicted octanol–water partition coefficient (Wildman–Crippen LogP) is 2.68. The van der Waals surface area contributed by atoms with Gasteiger partial charge in [-0.2, -0.15) is 0 Å². The van der Waals surface area contributed by atoms with Crippen LogP contribution in [0, 0.1) is 0 Å². The van der Waals surface area contributed by atoms with Gasteiger partial charge in [0.15, 0.2) is 5.17 Å². The Bertz CT molecular complexity index is 785. The Labute approximate surface area is 137 Å². The summed E-state index contributed by atoms with van der Waals surface area (Å²) in [6.45, 7) is 5.95. The van der Waals surface area contributed by atoms with Gasteiger partial charge in [0, 0.05) is 19.0 Å². The van der Waals surface area contributed by atoms with E-state index in [4.69, 9.17) is 10.2 Å². The molecule has 118 valence electrons. The summed E-state index contributed by atoms with van der Waals surface area (Å²) >= 11 is 1.38. The molecule has 0 fully saturated rings. The Kier molecular flexibility index (Phi) is 4.04. The standard InChI is InChI=1S/C16H16N4O2S/c1-10-9-16(2,20-15(17)23-10)13-8-11(3-4-18-13)7-12(21)14-19-5-6-22-14/h3-6,8H,1,7,9H2,2H3,(H2,17,20)/t16-/m0/s1. The second-order valence-electron chi connectivity index (χ2n) is 5.53. The lowest BCUT2D eigenvalue weighted by atomic mass is 9.92. The third-order valence-corrected chi connectivity index (χ3v) is 4.29. The lowest BCUT2D eigenvalue weighted by Gasteiger charge is -2.30. The van der Waals surface area contributed by atoms with E-state index in [1.54, 1.807) is 12.3 Å². The van der Waals surface area contributed by atoms with E-state index in [2.05, 4.69) is 21.5 Å². The van der Waals surface area contributed by atoms with Gasteiger partial charge in [-0.1, -0.05) is 18.3 Å². The number of aromatic nitrogens is 2. The van der Waals surface area contributed by atoms with Crippen molar-refractivity contribution < 1.29 is 9.21 Å². The molecule has 2 N–H and O–H groups in total. The largest absolute Gasteiger partial charge is 0.442 e. The van der Waals surface area contributed by atoms with Gasteiger partial charge in [-0.3, -0.25) is 9.78 Å². The van der Waals surface area contributed by atoms with Crippen LogP contribution < -0.4 is 5.73 Å². The minimum atomic E-state index is -0.561. The lowest BCUT2D eigenvalue weighted by molar-refractivity contribution is 0.0959. The van der Waals surface area contributed by atoms with Gasteiger partial charge in [0.25, 0.3) is 5.89 Å². The molecule has 0 aromatic carbocycles. The number of amidine groups is 1. The van der Waals surface area contributed by atoms with E-state index in [0.717, 1.165) is 16.2 Å². The van der Waals surface area contributed by atoms with Gasteiger partial charge >= 0.3 is 0 Å². The number of hydrogen-bond acceptors (Lipinski definition) is 7. The first-order chi connectivity index (χ1) is 11.0. The molecule has 0 unspecified atom stereocenters. The molecule has 3 heterocycles. The van der Waals surface area contributed by atoms with Gasteiger partial charge in [-0.15, -0.1) is 0 Å². The number of nitrogens with zero attached hydrogens (tertiary/aromatic N) is 3. The Morgan fingerprint density at radius 2 is 2.30 bits per heavy atom. The Balaban J connectivity index is 1.87. The van der Waals surface area contributed by atoms with Crippen molar-refractivity contribution >= 4 is 22.7 Å². The zero-order valence-corrected chi connectivity index (χ0v) is 13.5. The summed E-state index contributed by atoms with van der Waals surface area (Å²) in [7, 11) is 0. The third-order valence-electron chi connectivity index (χ3n) is 3.56. The Morgan fingerprint density at radius 3 is 3.00 bits per heavy atom. The third kappa shape index (κ3) is 3.34. The number of carbonyl (C=O) groups is 1. The smallest absolute Gasteiger partial charge is 0.263 e. The first-order valence-corrected chi connectivity index (χ1v) is 7.87. The Morgan fingerprint density at radius 1 is 1.48 bits per heavy atom. The number of pyridine rings is 1. The first kappa shape index (κ1) is 15.5. The van der Waals surface area contributed by atoms with Crippen molar-refractivity contribution in [2.45, 2.75) is 25.3 Å². The number of thioether (sulfide) groups is 1. The molecule has 2 aromatic heterocycles. The summed E-state index contributed by atoms with van der Waals surface area (Å²) in [5.41, 5.74) is 6.90. The molecule has 1 atom stereocenters. The summed E-state index contributed by atoms with van der Waals surface area (Å²) in [5, 5.41) is 0.479. The molecule has 0 saturated carbocycles. The quantitative estimate of drug-likeness (QED) is 0.867. The molecule has 23 heavy (non-hydrogen) atoms. The molecule has 0 saturated heterocycles. The van der Waals surface area contributed by atoms with E-state index in [0.29, 0.717) is 11.6 Å². The van der Waals surface area contributed by atoms with Crippen LogP contribution in [0.5, 0.6) is 0 Å². The van der Waals surface area contributed by atoms with Crippen molar-refractivity contribution in [3.05, 3.63) is 59.4 Å². The van der Waals surface area contributed by atoms with Gasteiger partial charge in [0.05, 0.1) is 11.9 Å². The molecule has 2 aromatic rings. The zero-order valence-electron chi connectivity index (χ0n) is 12.7. The van der Waals surface area contributed by atoms with Gasteiger partial charge in [0.2, 0.25) is 5.78 Å². The summed E-state index contributed by atoms with van der Waals surface area (Å²) in [6.07, 6.45) is 5.36. The number of aliphatic imine (C=N–C) groups is 1. The number of oxazole rings is 1. The van der Waals surface area contributed by atoms with Gasteiger partial charge in [-0.25, -0.2) is 9.98 Å². The molecule has 6 nitrogen and oxygen atoms in total. The molecule has 0 amide bonds. The van der Waals surface area contributed by atoms with E-state index in [9.17, 15) is 4.79 Å². The number of rotatable bonds is 4. The van der Waals surface area contributed by atoms with Gasteiger partial charge in [0.1, 0.15) is 11.8 Å². The average Bonchev–Trinajstić information content (AvgIpc) is 3.00. The van der Waals surface area contributed by atoms with Crippen LogP contribution in [0.4, 0.5) is 0 Å². The van der Waals surface area contributed by atoms with Crippen molar-refractivity contribution in [1.29, 1.82) is 0 Å². The SMILES string of the molecule is C=C1C[C@@](C)(c2cc(CC(=O)c3ncco3)ccn2)N=C(N)S1. The van der Waals surface area contributed by atoms with E-state index < -0.39 is 5.54 Å². The minimum absolute atomic E-state index is 0.110. The normalized spacial score (nSPS) is 21.1. The second kappa shape index (κ2) is 6.00. The van der Waals surface area contributed by atoms with Gasteiger partial charge < -0.3 is 10.2 Å². The van der Waals surface area contributed by atoms with E-state index in [-0.39, 0.29) is 18.1 Å². The van der Waals surface area contributed by atoms with E-state index in [1.165, 1.54) is 24.2 Å². The van der Waals surface area contributed by atoms with Crippen LogP contribution in [0.1, 0.15) is 35.3 Å². The number of Topliss-reactive ketones (excluding diaryl/α,β-unsaturated/α-hetero) is 1. The van der Waals surface area contributed by atoms with E-state index in [1.807, 2.05) is 13.0 Å². The van der Waals surface area contributed by atoms with Crippen LogP contribution in [0.15, 0.2) is 51.7 Å². The van der Waals surface area contributed by atoms with Crippen LogP contribution in [-0.4, -0.2) is 20.9 Å². The number of nitrogens with two attached hydrogens (primary N) is 1. The fourth-order valence-electron chi connectivity index (χ4n) is 2.52. The van der Waals surface area contributed by atoms with Crippen LogP contribution in [-0.2, 0) is 12.0 Å². The van der Waals surface area contributed by atoms with Crippen LogP contribution in [0.3, 0.4) is 0 Å². The molecule has 1 aliphatic heterocycles. The summed E-state index contributed by atoms with van der Waals surface area (Å²) < 4.78 is 5.03. The monoisotopic (exact) mass is 328 g/mol. The van der Waals surface area contributed by atoms with E-state index >= 15 is 0 Å². The fraction of sp³-hybridized carbons (Fsp3) is 0.250. The summed E-state index contributed by atoms with van der Waals surface area (Å²) in [6, 6.07) is 3.67. The molecule has 7 heteroatoms. The molecule has 0 aliphatic carbocycles. The molecule has 3 rings (SSSR count). The fourth-order valence-corrected chi connectivity index (χ4v) is 3.42. The predicted molar refractivity (Wildman–Crippen MR) is 89.1 cm³/mol. The molecule has 0 radical (unpaired) electrons. The molecule has 0 bridgehead atoms. The maximum absolute atomic E-state index is 12.1. The highest BCUT2D eigenvalue weighted by Crippen LogP contribution is 2.39. The second-order valence-corrected chi connectivity index (χ2v) is 6.73. The average molecular weight is 328 g/mol. The topological polar surface area (TPSA) is 94.4 Å². The zero-order chi connectivity index (χ0) is 16.4. The Hall–Kier alpha value is -2.41. The van der Waals surface area contributed by atoms with Crippen molar-refractivity contribution in [3.63, 3.8) is 0 Å². The minimum Gasteiger partial charge on any atom is -0.442 e. The molecule has 0 spiro atoms. The van der Waals surface area contributed by atoms with Crippen molar-refractivity contribution in [2.24, 2.45) is 10.7 Å². The van der Waals surface area contributed by atoms with Crippen molar-refractivity contribution in [2.75, 3.05) is 0 Å². The summed E-state index contributed by atoms with van der Waals surface area (Å²) in [4.78, 5) is 25.9. The highest BCUT2D eigenvalue weighted by molar-refractivity contribution is 8.17. The highest BCUT2D eigenvalue weighted by Gasteiger charge is 2.32. The van der Waals surface area contributed by atoms with Gasteiger partial charge in [-0.05, 0) is 29.5 Å². The molecular formula is C16H16N4O2S. The van der Waals surface area contributed by atoms with Crippen LogP contribution >= 0.6 is 11.8 Å². The van der Waals surface area contributed by atoms with Crippen molar-refractivity contribution in [3.8, 4) is 0 Å². The molecule has 1 aliphatic rings. The number of hydrogen-bond donors (Lipinski definition) is 1. The highest BCUT2D eigenvalue weighted by atomic mass is 32.2. The number of ketones is 1. The summed E-state index contributed by atoms with van der Waals surface area (Å²) in [5.74, 6) is -0.0665. The number of carbonyl (C=O) groups excluding carboxylic acids is 1.